The van der Waals surface area contributed by atoms with Crippen LogP contribution in [0, 0.1) is 11.8 Å². The molecule has 2 heterocycles. The number of ketones is 1. The Hall–Kier alpha value is -3.57. The van der Waals surface area contributed by atoms with Crippen molar-refractivity contribution in [3.8, 4) is 17.6 Å². The first-order chi connectivity index (χ1) is 19.5. The highest BCUT2D eigenvalue weighted by molar-refractivity contribution is 5.82. The van der Waals surface area contributed by atoms with Gasteiger partial charge in [-0.05, 0) is 68.2 Å². The molecule has 0 atom stereocenters. The van der Waals surface area contributed by atoms with E-state index >= 15 is 0 Å². The summed E-state index contributed by atoms with van der Waals surface area (Å²) in [5, 5.41) is 4.00. The Kier molecular flexibility index (Phi) is 9.93. The number of rotatable bonds is 9. The third kappa shape index (κ3) is 9.22. The molecule has 5 nitrogen and oxygen atoms in total. The predicted molar refractivity (Wildman–Crippen MR) is 152 cm³/mol. The fraction of sp³-hybridized carbons (Fsp3) is 0.455. The third-order valence-electron chi connectivity index (χ3n) is 6.99. The zero-order valence-corrected chi connectivity index (χ0v) is 23.9. The number of Topliss-reactive ketones (excluding diaryl/α,β-unsaturated/α-hetero) is 1. The Labute approximate surface area is 240 Å². The van der Waals surface area contributed by atoms with Gasteiger partial charge in [0, 0.05) is 35.6 Å². The van der Waals surface area contributed by atoms with Gasteiger partial charge in [-0.25, -0.2) is 0 Å². The minimum Gasteiger partial charge on any atom is -0.493 e. The molecule has 1 aliphatic heterocycles. The molecule has 8 heteroatoms. The van der Waals surface area contributed by atoms with Crippen LogP contribution < -0.4 is 4.74 Å². The molecule has 0 amide bonds. The van der Waals surface area contributed by atoms with Crippen LogP contribution in [-0.2, 0) is 29.2 Å². The van der Waals surface area contributed by atoms with Gasteiger partial charge in [0.2, 0.25) is 0 Å². The summed E-state index contributed by atoms with van der Waals surface area (Å²) >= 11 is 0. The van der Waals surface area contributed by atoms with Crippen molar-refractivity contribution in [1.82, 2.24) is 10.1 Å². The molecule has 0 spiro atoms. The summed E-state index contributed by atoms with van der Waals surface area (Å²) in [6.45, 7) is 9.20. The number of carbonyl (C=O) groups is 1. The Balaban J connectivity index is 1.33. The van der Waals surface area contributed by atoms with Crippen molar-refractivity contribution in [1.29, 1.82) is 0 Å². The molecule has 1 fully saturated rings. The molecule has 0 saturated carbocycles. The molecular weight excluding hydrogens is 529 g/mol. The lowest BCUT2D eigenvalue weighted by Crippen LogP contribution is -2.31. The van der Waals surface area contributed by atoms with Crippen LogP contribution in [0.15, 0.2) is 53.1 Å². The van der Waals surface area contributed by atoms with E-state index in [0.717, 1.165) is 37.0 Å². The average Bonchev–Trinajstić information content (AvgIpc) is 3.40. The number of hydrogen-bond acceptors (Lipinski definition) is 5. The van der Waals surface area contributed by atoms with E-state index in [1.54, 1.807) is 30.3 Å². The molecule has 1 aromatic heterocycles. The standard InChI is InChI=1S/C33H37F3N2O3/c1-32(2,3)31-23-27(37-41-31)22-28(39)20-25-11-8-24(9-12-25)10-13-26-14-15-30(29(21-26)33(34,35)36)40-19-7-18-38-16-5-4-6-17-38/h8-9,11-12,14-15,21,23H,4-7,16-20,22H2,1-3H3. The molecular formula is C33H37F3N2O3. The Bertz CT molecular complexity index is 1370. The number of ether oxygens (including phenoxy) is 1. The van der Waals surface area contributed by atoms with Crippen molar-refractivity contribution in [3.05, 3.63) is 82.2 Å². The highest BCUT2D eigenvalue weighted by Crippen LogP contribution is 2.37. The van der Waals surface area contributed by atoms with Crippen molar-refractivity contribution in [2.24, 2.45) is 0 Å². The van der Waals surface area contributed by atoms with Crippen LogP contribution in [0.2, 0.25) is 0 Å². The second-order valence-corrected chi connectivity index (χ2v) is 11.6. The molecule has 218 valence electrons. The van der Waals surface area contributed by atoms with Gasteiger partial charge in [0.15, 0.2) is 0 Å². The maximum Gasteiger partial charge on any atom is 0.420 e. The third-order valence-corrected chi connectivity index (χ3v) is 6.99. The number of halogens is 3. The van der Waals surface area contributed by atoms with Crippen LogP contribution in [0.4, 0.5) is 13.2 Å². The number of alkyl halides is 3. The van der Waals surface area contributed by atoms with E-state index in [-0.39, 0.29) is 42.0 Å². The highest BCUT2D eigenvalue weighted by Gasteiger charge is 2.34. The van der Waals surface area contributed by atoms with Gasteiger partial charge in [-0.2, -0.15) is 13.2 Å². The molecule has 0 aliphatic carbocycles. The van der Waals surface area contributed by atoms with Crippen molar-refractivity contribution >= 4 is 5.78 Å². The quantitative estimate of drug-likeness (QED) is 0.206. The summed E-state index contributed by atoms with van der Waals surface area (Å²) < 4.78 is 52.2. The number of aromatic nitrogens is 1. The van der Waals surface area contributed by atoms with Crippen LogP contribution in [0.5, 0.6) is 5.75 Å². The van der Waals surface area contributed by atoms with E-state index in [1.165, 1.54) is 25.3 Å². The Morgan fingerprint density at radius 2 is 1.63 bits per heavy atom. The largest absolute Gasteiger partial charge is 0.493 e. The lowest BCUT2D eigenvalue weighted by atomic mass is 9.93. The molecule has 3 aromatic rings. The van der Waals surface area contributed by atoms with Gasteiger partial charge in [-0.1, -0.05) is 56.3 Å². The fourth-order valence-electron chi connectivity index (χ4n) is 4.70. The van der Waals surface area contributed by atoms with Gasteiger partial charge < -0.3 is 14.2 Å². The van der Waals surface area contributed by atoms with Crippen LogP contribution in [0.1, 0.15) is 80.2 Å². The van der Waals surface area contributed by atoms with Crippen molar-refractivity contribution in [2.45, 2.75) is 70.9 Å². The van der Waals surface area contributed by atoms with E-state index in [4.69, 9.17) is 9.26 Å². The average molecular weight is 567 g/mol. The number of carbonyl (C=O) groups excluding carboxylic acids is 1. The summed E-state index contributed by atoms with van der Waals surface area (Å²) in [6, 6.07) is 12.9. The SMILES string of the molecule is CC(C)(C)c1cc(CC(=O)Cc2ccc(C#Cc3ccc(OCCCN4CCCCC4)c(C(F)(F)F)c3)cc2)no1. The molecule has 41 heavy (non-hydrogen) atoms. The molecule has 0 radical (unpaired) electrons. The summed E-state index contributed by atoms with van der Waals surface area (Å²) in [5.74, 6) is 6.30. The topological polar surface area (TPSA) is 55.6 Å². The maximum absolute atomic E-state index is 13.8. The van der Waals surface area contributed by atoms with Crippen LogP contribution in [0.3, 0.4) is 0 Å². The summed E-state index contributed by atoms with van der Waals surface area (Å²) in [5.41, 5.74) is 1.31. The zero-order valence-electron chi connectivity index (χ0n) is 23.9. The first kappa shape index (κ1) is 30.4. The Morgan fingerprint density at radius 3 is 2.29 bits per heavy atom. The number of nitrogens with zero attached hydrogens (tertiary/aromatic N) is 2. The number of benzene rings is 2. The van der Waals surface area contributed by atoms with Crippen LogP contribution in [0.25, 0.3) is 0 Å². The molecule has 0 unspecified atom stereocenters. The van der Waals surface area contributed by atoms with Gasteiger partial charge in [-0.3, -0.25) is 4.79 Å². The Morgan fingerprint density at radius 1 is 0.951 bits per heavy atom. The van der Waals surface area contributed by atoms with Crippen LogP contribution >= 0.6 is 0 Å². The first-order valence-electron chi connectivity index (χ1n) is 14.1. The summed E-state index contributed by atoms with van der Waals surface area (Å²) in [4.78, 5) is 14.9. The van der Waals surface area contributed by atoms with E-state index in [2.05, 4.69) is 21.9 Å². The van der Waals surface area contributed by atoms with Gasteiger partial charge in [-0.15, -0.1) is 0 Å². The van der Waals surface area contributed by atoms with Crippen LogP contribution in [-0.4, -0.2) is 42.1 Å². The first-order valence-corrected chi connectivity index (χ1v) is 14.1. The van der Waals surface area contributed by atoms with E-state index in [0.29, 0.717) is 17.7 Å². The van der Waals surface area contributed by atoms with Gasteiger partial charge in [0.1, 0.15) is 17.3 Å². The molecule has 1 saturated heterocycles. The number of piperidine rings is 1. The van der Waals surface area contributed by atoms with Crippen molar-refractivity contribution in [3.63, 3.8) is 0 Å². The summed E-state index contributed by atoms with van der Waals surface area (Å²) in [6.07, 6.45) is 0.144. The second-order valence-electron chi connectivity index (χ2n) is 11.6. The van der Waals surface area contributed by atoms with E-state index < -0.39 is 11.7 Å². The minimum absolute atomic E-state index is 0.00563. The number of hydrogen-bond donors (Lipinski definition) is 0. The monoisotopic (exact) mass is 566 g/mol. The second kappa shape index (κ2) is 13.4. The molecule has 2 aromatic carbocycles. The van der Waals surface area contributed by atoms with Gasteiger partial charge >= 0.3 is 6.18 Å². The number of likely N-dealkylation sites (tertiary alicyclic amines) is 1. The normalized spacial score (nSPS) is 14.4. The summed E-state index contributed by atoms with van der Waals surface area (Å²) in [7, 11) is 0. The predicted octanol–water partition coefficient (Wildman–Crippen LogP) is 7.00. The van der Waals surface area contributed by atoms with E-state index in [9.17, 15) is 18.0 Å². The molecule has 1 aliphatic rings. The van der Waals surface area contributed by atoms with E-state index in [1.807, 2.05) is 26.8 Å². The fourth-order valence-corrected chi connectivity index (χ4v) is 4.70. The molecule has 0 N–H and O–H groups in total. The molecule has 4 rings (SSSR count). The van der Waals surface area contributed by atoms with Crippen molar-refractivity contribution < 1.29 is 27.2 Å². The lowest BCUT2D eigenvalue weighted by Gasteiger charge is -2.26. The lowest BCUT2D eigenvalue weighted by molar-refractivity contribution is -0.139. The van der Waals surface area contributed by atoms with Gasteiger partial charge in [0.05, 0.1) is 24.3 Å². The highest BCUT2D eigenvalue weighted by atomic mass is 19.4. The maximum atomic E-state index is 13.8. The smallest absolute Gasteiger partial charge is 0.420 e. The van der Waals surface area contributed by atoms with Gasteiger partial charge in [0.25, 0.3) is 0 Å². The minimum atomic E-state index is -4.55. The van der Waals surface area contributed by atoms with Crippen molar-refractivity contribution in [2.75, 3.05) is 26.2 Å². The zero-order chi connectivity index (χ0) is 29.5. The molecule has 0 bridgehead atoms.